The van der Waals surface area contributed by atoms with Gasteiger partial charge >= 0.3 is 6.09 Å². The highest BCUT2D eigenvalue weighted by atomic mass is 19.1. The predicted octanol–water partition coefficient (Wildman–Crippen LogP) is 1.71. The first-order chi connectivity index (χ1) is 7.20. The Labute approximate surface area is 95.4 Å². The maximum Gasteiger partial charge on any atom is 0.410 e. The van der Waals surface area contributed by atoms with Crippen molar-refractivity contribution in [3.05, 3.63) is 0 Å². The molecule has 0 radical (unpaired) electrons. The van der Waals surface area contributed by atoms with Crippen LogP contribution in [-0.2, 0) is 4.74 Å². The van der Waals surface area contributed by atoms with Gasteiger partial charge in [0.2, 0.25) is 0 Å². The number of hydrogen-bond donors (Lipinski definition) is 1. The number of aliphatic hydroxyl groups excluding tert-OH is 1. The quantitative estimate of drug-likeness (QED) is 0.750. The van der Waals surface area contributed by atoms with Crippen LogP contribution in [0.4, 0.5) is 9.18 Å². The van der Waals surface area contributed by atoms with E-state index >= 15 is 0 Å². The summed E-state index contributed by atoms with van der Waals surface area (Å²) in [6.45, 7) is 6.83. The van der Waals surface area contributed by atoms with Crippen molar-refractivity contribution in [3.8, 4) is 0 Å². The van der Waals surface area contributed by atoms with Gasteiger partial charge in [0.1, 0.15) is 11.8 Å². The second kappa shape index (κ2) is 4.57. The zero-order valence-electron chi connectivity index (χ0n) is 10.2. The molecule has 3 atom stereocenters. The van der Waals surface area contributed by atoms with Crippen LogP contribution < -0.4 is 0 Å². The predicted molar refractivity (Wildman–Crippen MR) is 57.9 cm³/mol. The smallest absolute Gasteiger partial charge is 0.410 e. The van der Waals surface area contributed by atoms with Crippen molar-refractivity contribution >= 4 is 6.09 Å². The van der Waals surface area contributed by atoms with Gasteiger partial charge in [0, 0.05) is 6.42 Å². The molecule has 4 nitrogen and oxygen atoms in total. The summed E-state index contributed by atoms with van der Waals surface area (Å²) in [6.07, 6.45) is -2.20. The summed E-state index contributed by atoms with van der Waals surface area (Å²) in [5.74, 6) is 0. The Bertz CT molecular complexity index is 262. The third-order valence-electron chi connectivity index (χ3n) is 2.48. The Morgan fingerprint density at radius 2 is 2.12 bits per heavy atom. The van der Waals surface area contributed by atoms with Crippen LogP contribution in [0.2, 0.25) is 0 Å². The molecule has 0 saturated carbocycles. The summed E-state index contributed by atoms with van der Waals surface area (Å²) >= 11 is 0. The Balaban J connectivity index is 2.67. The van der Waals surface area contributed by atoms with Crippen molar-refractivity contribution in [1.29, 1.82) is 0 Å². The second-order valence-electron chi connectivity index (χ2n) is 5.27. The zero-order valence-corrected chi connectivity index (χ0v) is 10.2. The monoisotopic (exact) mass is 233 g/mol. The fourth-order valence-electron chi connectivity index (χ4n) is 1.80. The van der Waals surface area contributed by atoms with E-state index in [1.165, 1.54) is 4.90 Å². The van der Waals surface area contributed by atoms with Gasteiger partial charge in [-0.2, -0.15) is 0 Å². The molecule has 0 aromatic carbocycles. The topological polar surface area (TPSA) is 49.8 Å². The van der Waals surface area contributed by atoms with E-state index < -0.39 is 30.0 Å². The highest BCUT2D eigenvalue weighted by Gasteiger charge is 2.39. The average molecular weight is 233 g/mol. The molecule has 16 heavy (non-hydrogen) atoms. The lowest BCUT2D eigenvalue weighted by molar-refractivity contribution is 0.00771. The number of nitrogens with zero attached hydrogens (tertiary/aromatic N) is 1. The number of carbonyl (C=O) groups excluding carboxylic acids is 1. The summed E-state index contributed by atoms with van der Waals surface area (Å²) in [5.41, 5.74) is -0.602. The number of rotatable bonds is 1. The third kappa shape index (κ3) is 3.33. The second-order valence-corrected chi connectivity index (χ2v) is 5.27. The first-order valence-corrected chi connectivity index (χ1v) is 5.52. The van der Waals surface area contributed by atoms with Crippen LogP contribution in [0.1, 0.15) is 34.1 Å². The minimum atomic E-state index is -1.08. The molecule has 1 fully saturated rings. The molecule has 1 aliphatic heterocycles. The van der Waals surface area contributed by atoms with Crippen LogP contribution in [0.15, 0.2) is 0 Å². The number of amides is 1. The molecule has 1 N–H and O–H groups in total. The van der Waals surface area contributed by atoms with Crippen LogP contribution in [0.25, 0.3) is 0 Å². The molecule has 0 bridgehead atoms. The number of carbonyl (C=O) groups is 1. The van der Waals surface area contributed by atoms with E-state index in [2.05, 4.69) is 0 Å². The molecule has 0 aromatic heterocycles. The third-order valence-corrected chi connectivity index (χ3v) is 2.48. The van der Waals surface area contributed by atoms with Gasteiger partial charge in [0.25, 0.3) is 0 Å². The Morgan fingerprint density at radius 1 is 1.56 bits per heavy atom. The van der Waals surface area contributed by atoms with Crippen LogP contribution in [0.3, 0.4) is 0 Å². The number of alkyl halides is 1. The maximum absolute atomic E-state index is 13.2. The molecule has 94 valence electrons. The lowest BCUT2D eigenvalue weighted by atomic mass is 10.1. The zero-order chi connectivity index (χ0) is 12.5. The number of hydrogen-bond acceptors (Lipinski definition) is 3. The lowest BCUT2D eigenvalue weighted by Crippen LogP contribution is -2.44. The molecular weight excluding hydrogens is 213 g/mol. The van der Waals surface area contributed by atoms with Gasteiger partial charge in [-0.15, -0.1) is 0 Å². The van der Waals surface area contributed by atoms with Gasteiger partial charge in [-0.3, -0.25) is 4.90 Å². The first-order valence-electron chi connectivity index (χ1n) is 5.52. The fourth-order valence-corrected chi connectivity index (χ4v) is 1.80. The van der Waals surface area contributed by atoms with Crippen molar-refractivity contribution < 1.29 is 19.0 Å². The number of ether oxygens (including phenoxy) is 1. The standard InChI is InChI=1S/C11H20FNO3/c1-7(14)9-5-8(12)6-13(9)10(15)16-11(2,3)4/h7-9,14H,5-6H2,1-4H3/t7-,8+,9-/m0/s1. The van der Waals surface area contributed by atoms with Gasteiger partial charge in [0.15, 0.2) is 0 Å². The fraction of sp³-hybridized carbons (Fsp3) is 0.909. The molecule has 0 unspecified atom stereocenters. The molecule has 1 saturated heterocycles. The number of halogens is 1. The van der Waals surface area contributed by atoms with Gasteiger partial charge in [0.05, 0.1) is 18.7 Å². The van der Waals surface area contributed by atoms with Crippen molar-refractivity contribution in [3.63, 3.8) is 0 Å². The van der Waals surface area contributed by atoms with Gasteiger partial charge in [-0.1, -0.05) is 0 Å². The van der Waals surface area contributed by atoms with Crippen molar-refractivity contribution in [2.24, 2.45) is 0 Å². The summed E-state index contributed by atoms with van der Waals surface area (Å²) in [4.78, 5) is 13.0. The van der Waals surface area contributed by atoms with E-state index in [1.54, 1.807) is 27.7 Å². The SMILES string of the molecule is C[C@H](O)[C@@H]1C[C@@H](F)CN1C(=O)OC(C)(C)C. The van der Waals surface area contributed by atoms with Crippen LogP contribution in [0.5, 0.6) is 0 Å². The molecule has 5 heteroatoms. The lowest BCUT2D eigenvalue weighted by Gasteiger charge is -2.29. The van der Waals surface area contributed by atoms with Crippen molar-refractivity contribution in [1.82, 2.24) is 4.90 Å². The Hall–Kier alpha value is -0.840. The van der Waals surface area contributed by atoms with E-state index in [-0.39, 0.29) is 13.0 Å². The Morgan fingerprint density at radius 3 is 2.56 bits per heavy atom. The highest BCUT2D eigenvalue weighted by molar-refractivity contribution is 5.69. The minimum absolute atomic E-state index is 0.00444. The number of aliphatic hydroxyl groups is 1. The molecule has 1 heterocycles. The maximum atomic E-state index is 13.2. The van der Waals surface area contributed by atoms with Crippen molar-refractivity contribution in [2.45, 2.75) is 58.0 Å². The Kier molecular flexibility index (Phi) is 3.78. The van der Waals surface area contributed by atoms with E-state index in [4.69, 9.17) is 4.74 Å². The summed E-state index contributed by atoms with van der Waals surface area (Å²) in [5, 5.41) is 9.47. The van der Waals surface area contributed by atoms with E-state index in [9.17, 15) is 14.3 Å². The van der Waals surface area contributed by atoms with E-state index in [0.29, 0.717) is 0 Å². The first kappa shape index (κ1) is 13.2. The summed E-state index contributed by atoms with van der Waals surface area (Å²) in [6, 6.07) is -0.482. The summed E-state index contributed by atoms with van der Waals surface area (Å²) in [7, 11) is 0. The molecule has 0 spiro atoms. The normalized spacial score (nSPS) is 28.0. The van der Waals surface area contributed by atoms with Crippen LogP contribution in [-0.4, -0.2) is 46.6 Å². The minimum Gasteiger partial charge on any atom is -0.444 e. The van der Waals surface area contributed by atoms with Crippen LogP contribution in [0, 0.1) is 0 Å². The van der Waals surface area contributed by atoms with Gasteiger partial charge < -0.3 is 9.84 Å². The largest absolute Gasteiger partial charge is 0.444 e. The number of likely N-dealkylation sites (tertiary alicyclic amines) is 1. The average Bonchev–Trinajstić information content (AvgIpc) is 2.44. The van der Waals surface area contributed by atoms with E-state index in [0.717, 1.165) is 0 Å². The van der Waals surface area contributed by atoms with Gasteiger partial charge in [-0.25, -0.2) is 9.18 Å². The van der Waals surface area contributed by atoms with Gasteiger partial charge in [-0.05, 0) is 27.7 Å². The van der Waals surface area contributed by atoms with E-state index in [1.807, 2.05) is 0 Å². The molecule has 1 rings (SSSR count). The molecule has 0 aromatic rings. The molecular formula is C11H20FNO3. The molecule has 1 amide bonds. The van der Waals surface area contributed by atoms with Crippen LogP contribution >= 0.6 is 0 Å². The highest BCUT2D eigenvalue weighted by Crippen LogP contribution is 2.25. The summed E-state index contributed by atoms with van der Waals surface area (Å²) < 4.78 is 18.4. The molecule has 0 aliphatic carbocycles. The van der Waals surface area contributed by atoms with Crippen molar-refractivity contribution in [2.75, 3.05) is 6.54 Å². The molecule has 1 aliphatic rings.